The van der Waals surface area contributed by atoms with Crippen molar-refractivity contribution in [2.75, 3.05) is 13.1 Å². The van der Waals surface area contributed by atoms with E-state index >= 15 is 0 Å². The van der Waals surface area contributed by atoms with Gasteiger partial charge in [0.2, 0.25) is 0 Å². The molecule has 4 N–H and O–H groups in total. The molecule has 2 aliphatic heterocycles. The number of aromatic nitrogens is 4. The number of aromatic amines is 2. The average Bonchev–Trinajstić information content (AvgIpc) is 3.65. The number of hydrogen-bond acceptors (Lipinski definition) is 4. The van der Waals surface area contributed by atoms with Crippen LogP contribution in [-0.4, -0.2) is 44.6 Å². The molecule has 0 amide bonds. The van der Waals surface area contributed by atoms with Crippen molar-refractivity contribution in [3.63, 3.8) is 0 Å². The highest BCUT2D eigenvalue weighted by Gasteiger charge is 2.41. The lowest BCUT2D eigenvalue weighted by atomic mass is 10.0. The fourth-order valence-corrected chi connectivity index (χ4v) is 5.00. The third-order valence-corrected chi connectivity index (χ3v) is 7.01. The molecule has 2 saturated heterocycles. The second-order valence-corrected chi connectivity index (χ2v) is 10.0. The predicted octanol–water partition coefficient (Wildman–Crippen LogP) is 5.57. The van der Waals surface area contributed by atoms with Gasteiger partial charge in [0.1, 0.15) is 17.3 Å². The standard InChI is InChI=1S/C27H27F3N6/c1-26(28)10-20(33-14-26)24-31-12-22(35-24)18-6-2-16(3-7-18)17-4-8-19(9-5-17)23-13-32-25(36-23)21-11-27(29,30)15-34-21/h2-9,12-13,20-21,33-34H,10-11,14-15H2,1H3,(H,31,35)(H,32,36)/t20-,21-,26?/m0/s1. The van der Waals surface area contributed by atoms with E-state index in [1.54, 1.807) is 13.1 Å². The van der Waals surface area contributed by atoms with Crippen molar-refractivity contribution in [3.05, 3.63) is 72.6 Å². The van der Waals surface area contributed by atoms with Gasteiger partial charge < -0.3 is 20.6 Å². The number of nitrogens with one attached hydrogen (secondary N) is 4. The molecule has 2 fully saturated rings. The van der Waals surface area contributed by atoms with Crippen molar-refractivity contribution < 1.29 is 13.2 Å². The zero-order valence-electron chi connectivity index (χ0n) is 19.8. The zero-order valence-corrected chi connectivity index (χ0v) is 19.8. The monoisotopic (exact) mass is 492 g/mol. The molecule has 36 heavy (non-hydrogen) atoms. The van der Waals surface area contributed by atoms with Gasteiger partial charge in [0.05, 0.1) is 30.0 Å². The molecule has 9 heteroatoms. The van der Waals surface area contributed by atoms with E-state index in [1.807, 2.05) is 54.7 Å². The minimum atomic E-state index is -2.70. The number of imidazole rings is 2. The molecule has 2 aromatic carbocycles. The Hall–Kier alpha value is -3.43. The Balaban J connectivity index is 1.14. The minimum absolute atomic E-state index is 0.104. The Morgan fingerprint density at radius 1 is 0.667 bits per heavy atom. The maximum Gasteiger partial charge on any atom is 0.262 e. The molecular weight excluding hydrogens is 465 g/mol. The number of nitrogens with zero attached hydrogens (tertiary/aromatic N) is 2. The molecule has 2 aliphatic rings. The molecular formula is C27H27F3N6. The topological polar surface area (TPSA) is 81.4 Å². The summed E-state index contributed by atoms with van der Waals surface area (Å²) >= 11 is 0. The average molecular weight is 493 g/mol. The van der Waals surface area contributed by atoms with Crippen molar-refractivity contribution in [2.45, 2.75) is 43.4 Å². The van der Waals surface area contributed by atoms with E-state index in [2.05, 4.69) is 30.6 Å². The molecule has 186 valence electrons. The summed E-state index contributed by atoms with van der Waals surface area (Å²) in [4.78, 5) is 15.4. The molecule has 0 spiro atoms. The van der Waals surface area contributed by atoms with E-state index in [4.69, 9.17) is 0 Å². The summed E-state index contributed by atoms with van der Waals surface area (Å²) in [7, 11) is 0. The van der Waals surface area contributed by atoms with E-state index < -0.39 is 17.6 Å². The highest BCUT2D eigenvalue weighted by atomic mass is 19.3. The molecule has 1 unspecified atom stereocenters. The van der Waals surface area contributed by atoms with E-state index in [1.165, 1.54) is 0 Å². The fourth-order valence-electron chi connectivity index (χ4n) is 5.00. The van der Waals surface area contributed by atoms with E-state index in [0.717, 1.165) is 39.5 Å². The first kappa shape index (κ1) is 23.0. The fraction of sp³-hybridized carbons (Fsp3) is 0.333. The van der Waals surface area contributed by atoms with Gasteiger partial charge >= 0.3 is 0 Å². The molecule has 0 saturated carbocycles. The smallest absolute Gasteiger partial charge is 0.262 e. The van der Waals surface area contributed by atoms with Crippen LogP contribution in [0.25, 0.3) is 33.6 Å². The van der Waals surface area contributed by atoms with Crippen molar-refractivity contribution in [2.24, 2.45) is 0 Å². The normalized spacial score (nSPS) is 25.4. The first-order valence-electron chi connectivity index (χ1n) is 12.1. The van der Waals surface area contributed by atoms with Gasteiger partial charge in [-0.1, -0.05) is 48.5 Å². The van der Waals surface area contributed by atoms with Gasteiger partial charge in [-0.05, 0) is 18.1 Å². The number of halogens is 3. The van der Waals surface area contributed by atoms with Crippen molar-refractivity contribution in [1.82, 2.24) is 30.6 Å². The summed E-state index contributed by atoms with van der Waals surface area (Å²) in [6.07, 6.45) is 3.77. The zero-order chi connectivity index (χ0) is 24.9. The van der Waals surface area contributed by atoms with Crippen LogP contribution in [0.5, 0.6) is 0 Å². The van der Waals surface area contributed by atoms with Crippen molar-refractivity contribution in [1.29, 1.82) is 0 Å². The number of alkyl halides is 3. The molecule has 2 aromatic heterocycles. The van der Waals surface area contributed by atoms with E-state index in [9.17, 15) is 13.2 Å². The second kappa shape index (κ2) is 8.60. The third-order valence-electron chi connectivity index (χ3n) is 7.01. The lowest BCUT2D eigenvalue weighted by Gasteiger charge is -2.09. The molecule has 6 nitrogen and oxygen atoms in total. The van der Waals surface area contributed by atoms with E-state index in [-0.39, 0.29) is 19.0 Å². The quantitative estimate of drug-likeness (QED) is 0.294. The Morgan fingerprint density at radius 2 is 1.11 bits per heavy atom. The molecule has 0 aliphatic carbocycles. The lowest BCUT2D eigenvalue weighted by Crippen LogP contribution is -2.21. The van der Waals surface area contributed by atoms with Gasteiger partial charge in [0, 0.05) is 42.9 Å². The largest absolute Gasteiger partial charge is 0.347 e. The molecule has 3 atom stereocenters. The highest BCUT2D eigenvalue weighted by molar-refractivity contribution is 5.71. The number of hydrogen-bond donors (Lipinski definition) is 4. The van der Waals surface area contributed by atoms with Crippen LogP contribution in [0.4, 0.5) is 13.2 Å². The molecule has 6 rings (SSSR count). The van der Waals surface area contributed by atoms with Crippen LogP contribution >= 0.6 is 0 Å². The maximum absolute atomic E-state index is 14.2. The Morgan fingerprint density at radius 3 is 1.53 bits per heavy atom. The van der Waals surface area contributed by atoms with Gasteiger partial charge in [-0.15, -0.1) is 0 Å². The Bertz CT molecular complexity index is 1250. The van der Waals surface area contributed by atoms with Crippen LogP contribution in [0.3, 0.4) is 0 Å². The van der Waals surface area contributed by atoms with Crippen molar-refractivity contribution >= 4 is 0 Å². The summed E-state index contributed by atoms with van der Waals surface area (Å²) in [6, 6.07) is 15.6. The maximum atomic E-state index is 14.2. The summed E-state index contributed by atoms with van der Waals surface area (Å²) in [6.45, 7) is 1.62. The Labute approximate surface area is 206 Å². The van der Waals surface area contributed by atoms with Crippen LogP contribution in [0.15, 0.2) is 60.9 Å². The second-order valence-electron chi connectivity index (χ2n) is 10.0. The molecule has 4 heterocycles. The van der Waals surface area contributed by atoms with Crippen LogP contribution in [0, 0.1) is 0 Å². The summed E-state index contributed by atoms with van der Waals surface area (Å²) in [5, 5.41) is 6.01. The number of H-pyrrole nitrogens is 2. The lowest BCUT2D eigenvalue weighted by molar-refractivity contribution is 0.0208. The summed E-state index contributed by atoms with van der Waals surface area (Å²) in [5.41, 5.74) is 4.35. The third kappa shape index (κ3) is 4.56. The Kier molecular flexibility index (Phi) is 5.49. The first-order chi connectivity index (χ1) is 17.2. The van der Waals surface area contributed by atoms with Gasteiger partial charge in [-0.25, -0.2) is 23.1 Å². The predicted molar refractivity (Wildman–Crippen MR) is 132 cm³/mol. The molecule has 4 aromatic rings. The van der Waals surface area contributed by atoms with Gasteiger partial charge in [0.15, 0.2) is 0 Å². The SMILES string of the molecule is CC1(F)CN[C@H](c2nc(-c3ccc(-c4ccc(-c5c[nH]c([C@@H]6CC(F)(F)CN6)n5)cc4)cc3)c[nH]2)C1. The summed E-state index contributed by atoms with van der Waals surface area (Å²) in [5.74, 6) is -1.41. The number of benzene rings is 2. The molecule has 0 radical (unpaired) electrons. The summed E-state index contributed by atoms with van der Waals surface area (Å²) < 4.78 is 41.2. The first-order valence-corrected chi connectivity index (χ1v) is 12.1. The van der Waals surface area contributed by atoms with Gasteiger partial charge in [-0.2, -0.15) is 0 Å². The highest BCUT2D eigenvalue weighted by Crippen LogP contribution is 2.34. The van der Waals surface area contributed by atoms with Crippen LogP contribution < -0.4 is 10.6 Å². The van der Waals surface area contributed by atoms with Gasteiger partial charge in [0.25, 0.3) is 5.92 Å². The van der Waals surface area contributed by atoms with Crippen LogP contribution in [0.1, 0.15) is 43.5 Å². The molecule has 0 bridgehead atoms. The van der Waals surface area contributed by atoms with E-state index in [0.29, 0.717) is 18.8 Å². The van der Waals surface area contributed by atoms with Crippen LogP contribution in [0.2, 0.25) is 0 Å². The minimum Gasteiger partial charge on any atom is -0.347 e. The van der Waals surface area contributed by atoms with Crippen LogP contribution in [-0.2, 0) is 0 Å². The van der Waals surface area contributed by atoms with Crippen molar-refractivity contribution in [3.8, 4) is 33.6 Å². The number of rotatable bonds is 5. The van der Waals surface area contributed by atoms with Gasteiger partial charge in [-0.3, -0.25) is 0 Å².